The SMILES string of the molecule is CC(O)C1CCCN(Cc2nc3sc4c(c3c(=O)[nH]2)CCC4)C1. The third kappa shape index (κ3) is 2.84. The Hall–Kier alpha value is -1.24. The first-order chi connectivity index (χ1) is 11.1. The molecule has 2 atom stereocenters. The third-order valence-corrected chi connectivity index (χ3v) is 6.41. The second-order valence-corrected chi connectivity index (χ2v) is 8.01. The summed E-state index contributed by atoms with van der Waals surface area (Å²) in [5, 5.41) is 10.6. The minimum atomic E-state index is -0.271. The van der Waals surface area contributed by atoms with Crippen molar-refractivity contribution in [2.24, 2.45) is 5.92 Å². The van der Waals surface area contributed by atoms with Crippen molar-refractivity contribution in [3.05, 3.63) is 26.6 Å². The fraction of sp³-hybridized carbons (Fsp3) is 0.647. The molecule has 2 aromatic heterocycles. The van der Waals surface area contributed by atoms with Gasteiger partial charge in [-0.25, -0.2) is 4.98 Å². The Morgan fingerprint density at radius 2 is 2.30 bits per heavy atom. The number of H-pyrrole nitrogens is 1. The molecule has 2 aliphatic rings. The zero-order valence-corrected chi connectivity index (χ0v) is 14.3. The van der Waals surface area contributed by atoms with E-state index in [4.69, 9.17) is 4.98 Å². The lowest BCUT2D eigenvalue weighted by Gasteiger charge is -2.33. The molecule has 1 fully saturated rings. The maximum absolute atomic E-state index is 12.5. The molecule has 23 heavy (non-hydrogen) atoms. The summed E-state index contributed by atoms with van der Waals surface area (Å²) in [6.45, 7) is 4.41. The first kappa shape index (κ1) is 15.3. The van der Waals surface area contributed by atoms with E-state index in [0.29, 0.717) is 12.5 Å². The molecule has 4 rings (SSSR count). The van der Waals surface area contributed by atoms with Crippen molar-refractivity contribution in [2.45, 2.75) is 51.7 Å². The van der Waals surface area contributed by atoms with E-state index in [2.05, 4.69) is 9.88 Å². The topological polar surface area (TPSA) is 69.2 Å². The molecular formula is C17H23N3O2S. The summed E-state index contributed by atoms with van der Waals surface area (Å²) in [5.41, 5.74) is 1.26. The lowest BCUT2D eigenvalue weighted by Crippen LogP contribution is -2.39. The van der Waals surface area contributed by atoms with Crippen molar-refractivity contribution in [1.29, 1.82) is 0 Å². The molecule has 0 spiro atoms. The average molecular weight is 333 g/mol. The second kappa shape index (κ2) is 6.00. The lowest BCUT2D eigenvalue weighted by atomic mass is 9.93. The van der Waals surface area contributed by atoms with Crippen LogP contribution in [0.5, 0.6) is 0 Å². The van der Waals surface area contributed by atoms with Gasteiger partial charge in [-0.2, -0.15) is 0 Å². The van der Waals surface area contributed by atoms with Crippen molar-refractivity contribution in [3.63, 3.8) is 0 Å². The van der Waals surface area contributed by atoms with Gasteiger partial charge in [0.15, 0.2) is 0 Å². The van der Waals surface area contributed by atoms with Gasteiger partial charge in [-0.3, -0.25) is 9.69 Å². The zero-order chi connectivity index (χ0) is 16.0. The first-order valence-corrected chi connectivity index (χ1v) is 9.37. The highest BCUT2D eigenvalue weighted by Crippen LogP contribution is 2.34. The van der Waals surface area contributed by atoms with Gasteiger partial charge >= 0.3 is 0 Å². The van der Waals surface area contributed by atoms with E-state index >= 15 is 0 Å². The van der Waals surface area contributed by atoms with Crippen molar-refractivity contribution < 1.29 is 5.11 Å². The number of aromatic nitrogens is 2. The molecule has 124 valence electrons. The maximum atomic E-state index is 12.5. The number of nitrogens with one attached hydrogen (secondary N) is 1. The Balaban J connectivity index is 1.59. The quantitative estimate of drug-likeness (QED) is 0.902. The van der Waals surface area contributed by atoms with E-state index in [1.165, 1.54) is 10.4 Å². The fourth-order valence-electron chi connectivity index (χ4n) is 3.96. The van der Waals surface area contributed by atoms with Crippen LogP contribution >= 0.6 is 11.3 Å². The average Bonchev–Trinajstić information content (AvgIpc) is 3.07. The highest BCUT2D eigenvalue weighted by molar-refractivity contribution is 7.18. The van der Waals surface area contributed by atoms with Crippen LogP contribution in [0.1, 0.15) is 42.5 Å². The summed E-state index contributed by atoms with van der Waals surface area (Å²) < 4.78 is 0. The minimum Gasteiger partial charge on any atom is -0.393 e. The molecule has 1 saturated heterocycles. The highest BCUT2D eigenvalue weighted by Gasteiger charge is 2.25. The van der Waals surface area contributed by atoms with Crippen LogP contribution in [-0.2, 0) is 19.4 Å². The summed E-state index contributed by atoms with van der Waals surface area (Å²) in [6, 6.07) is 0. The van der Waals surface area contributed by atoms with E-state index in [1.807, 2.05) is 6.92 Å². The van der Waals surface area contributed by atoms with Crippen LogP contribution < -0.4 is 5.56 Å². The van der Waals surface area contributed by atoms with Gasteiger partial charge < -0.3 is 10.1 Å². The number of aliphatic hydroxyl groups is 1. The molecule has 0 aromatic carbocycles. The number of nitrogens with zero attached hydrogens (tertiary/aromatic N) is 2. The monoisotopic (exact) mass is 333 g/mol. The van der Waals surface area contributed by atoms with Crippen molar-refractivity contribution >= 4 is 21.6 Å². The molecule has 1 aliphatic carbocycles. The largest absolute Gasteiger partial charge is 0.393 e. The Bertz CT molecular complexity index is 780. The standard InChI is InChI=1S/C17H23N3O2S/c1-10(21)11-4-3-7-20(8-11)9-14-18-16(22)15-12-5-2-6-13(12)23-17(15)19-14/h10-11,21H,2-9H2,1H3,(H,18,19,22). The smallest absolute Gasteiger partial charge is 0.259 e. The van der Waals surface area contributed by atoms with Crippen LogP contribution in [0.25, 0.3) is 10.2 Å². The van der Waals surface area contributed by atoms with Crippen molar-refractivity contribution in [1.82, 2.24) is 14.9 Å². The number of aromatic amines is 1. The van der Waals surface area contributed by atoms with Gasteiger partial charge in [0.2, 0.25) is 0 Å². The number of likely N-dealkylation sites (tertiary alicyclic amines) is 1. The molecule has 0 radical (unpaired) electrons. The van der Waals surface area contributed by atoms with Gasteiger partial charge in [0.1, 0.15) is 10.7 Å². The zero-order valence-electron chi connectivity index (χ0n) is 13.5. The van der Waals surface area contributed by atoms with Gasteiger partial charge in [-0.05, 0) is 57.1 Å². The Labute approximate surface area is 139 Å². The summed E-state index contributed by atoms with van der Waals surface area (Å²) >= 11 is 1.69. The molecule has 6 heteroatoms. The van der Waals surface area contributed by atoms with Crippen LogP contribution in [0.15, 0.2) is 4.79 Å². The summed E-state index contributed by atoms with van der Waals surface area (Å²) in [7, 11) is 0. The van der Waals surface area contributed by atoms with Gasteiger partial charge in [0, 0.05) is 11.4 Å². The van der Waals surface area contributed by atoms with Gasteiger partial charge in [-0.1, -0.05) is 0 Å². The number of thiophene rings is 1. The van der Waals surface area contributed by atoms with Crippen molar-refractivity contribution in [3.8, 4) is 0 Å². The molecule has 1 aliphatic heterocycles. The second-order valence-electron chi connectivity index (χ2n) is 6.93. The van der Waals surface area contributed by atoms with E-state index < -0.39 is 0 Å². The Morgan fingerprint density at radius 3 is 3.13 bits per heavy atom. The third-order valence-electron chi connectivity index (χ3n) is 5.22. The van der Waals surface area contributed by atoms with E-state index in [-0.39, 0.29) is 11.7 Å². The molecule has 2 N–H and O–H groups in total. The van der Waals surface area contributed by atoms with Crippen LogP contribution in [0, 0.1) is 5.92 Å². The maximum Gasteiger partial charge on any atom is 0.259 e. The molecule has 0 amide bonds. The molecular weight excluding hydrogens is 310 g/mol. The number of aliphatic hydroxyl groups excluding tert-OH is 1. The highest BCUT2D eigenvalue weighted by atomic mass is 32.1. The first-order valence-electron chi connectivity index (χ1n) is 8.55. The van der Waals surface area contributed by atoms with Crippen LogP contribution in [0.3, 0.4) is 0 Å². The van der Waals surface area contributed by atoms with Crippen LogP contribution in [-0.4, -0.2) is 39.2 Å². The normalized spacial score (nSPS) is 23.3. The van der Waals surface area contributed by atoms with Gasteiger partial charge in [0.05, 0.1) is 18.0 Å². The predicted molar refractivity (Wildman–Crippen MR) is 91.9 cm³/mol. The van der Waals surface area contributed by atoms with Gasteiger partial charge in [0.25, 0.3) is 5.56 Å². The number of fused-ring (bicyclic) bond motifs is 3. The van der Waals surface area contributed by atoms with E-state index in [1.54, 1.807) is 11.3 Å². The number of rotatable bonds is 3. The summed E-state index contributed by atoms with van der Waals surface area (Å²) in [4.78, 5) is 24.8. The Morgan fingerprint density at radius 1 is 1.43 bits per heavy atom. The number of aryl methyl sites for hydroxylation is 2. The molecule has 5 nitrogen and oxygen atoms in total. The fourth-order valence-corrected chi connectivity index (χ4v) is 5.24. The molecule has 0 bridgehead atoms. The summed E-state index contributed by atoms with van der Waals surface area (Å²) in [6.07, 6.45) is 5.17. The molecule has 2 aromatic rings. The van der Waals surface area contributed by atoms with Gasteiger partial charge in [-0.15, -0.1) is 11.3 Å². The minimum absolute atomic E-state index is 0.0217. The summed E-state index contributed by atoms with van der Waals surface area (Å²) in [5.74, 6) is 1.08. The van der Waals surface area contributed by atoms with Crippen LogP contribution in [0.2, 0.25) is 0 Å². The van der Waals surface area contributed by atoms with E-state index in [9.17, 15) is 9.90 Å². The molecule has 2 unspecified atom stereocenters. The number of piperidine rings is 1. The lowest BCUT2D eigenvalue weighted by molar-refractivity contribution is 0.0589. The molecule has 0 saturated carbocycles. The number of hydrogen-bond donors (Lipinski definition) is 2. The van der Waals surface area contributed by atoms with E-state index in [0.717, 1.165) is 61.2 Å². The van der Waals surface area contributed by atoms with Crippen molar-refractivity contribution in [2.75, 3.05) is 13.1 Å². The Kier molecular flexibility index (Phi) is 3.99. The predicted octanol–water partition coefficient (Wildman–Crippen LogP) is 2.07. The van der Waals surface area contributed by atoms with Crippen LogP contribution in [0.4, 0.5) is 0 Å². The molecule has 3 heterocycles. The number of hydrogen-bond acceptors (Lipinski definition) is 5.